The van der Waals surface area contributed by atoms with Crippen molar-refractivity contribution in [1.82, 2.24) is 9.97 Å². The average molecular weight is 432 g/mol. The van der Waals surface area contributed by atoms with Gasteiger partial charge in [-0.3, -0.25) is 0 Å². The fourth-order valence-electron chi connectivity index (χ4n) is 3.77. The van der Waals surface area contributed by atoms with Gasteiger partial charge in [0.15, 0.2) is 11.5 Å². The molecule has 0 spiro atoms. The highest BCUT2D eigenvalue weighted by atomic mass is 16.6. The molecule has 2 aliphatic rings. The molecule has 2 aromatic carbocycles. The number of fused-ring (bicyclic) bond motifs is 1. The van der Waals surface area contributed by atoms with Crippen molar-refractivity contribution >= 4 is 29.0 Å². The molecule has 1 saturated heterocycles. The smallest absolute Gasteiger partial charge is 0.323 e. The van der Waals surface area contributed by atoms with Crippen LogP contribution >= 0.6 is 0 Å². The van der Waals surface area contributed by atoms with E-state index in [1.165, 1.54) is 5.69 Å². The van der Waals surface area contributed by atoms with Gasteiger partial charge in [0.05, 0.1) is 18.1 Å². The number of hydrogen-bond donors (Lipinski definition) is 2. The minimum absolute atomic E-state index is 0.380. The summed E-state index contributed by atoms with van der Waals surface area (Å²) in [7, 11) is 0. The summed E-state index contributed by atoms with van der Waals surface area (Å²) in [5.41, 5.74) is 2.36. The number of piperazine rings is 1. The molecule has 3 heterocycles. The van der Waals surface area contributed by atoms with E-state index >= 15 is 0 Å². The average Bonchev–Trinajstić information content (AvgIpc) is 2.85. The number of carbonyl (C=O) groups is 1. The third-order valence-corrected chi connectivity index (χ3v) is 5.38. The molecule has 2 N–H and O–H groups in total. The number of para-hydroxylation sites is 1. The summed E-state index contributed by atoms with van der Waals surface area (Å²) < 4.78 is 11.0. The molecule has 2 amide bonds. The van der Waals surface area contributed by atoms with Gasteiger partial charge in [-0.05, 0) is 24.3 Å². The number of urea groups is 1. The molecule has 1 aromatic heterocycles. The van der Waals surface area contributed by atoms with Gasteiger partial charge in [-0.1, -0.05) is 18.2 Å². The lowest BCUT2D eigenvalue weighted by molar-refractivity contribution is 0.171. The summed E-state index contributed by atoms with van der Waals surface area (Å²) in [6.07, 6.45) is 3.24. The van der Waals surface area contributed by atoms with Crippen molar-refractivity contribution in [2.75, 3.05) is 59.8 Å². The van der Waals surface area contributed by atoms with Crippen LogP contribution in [0.5, 0.6) is 11.5 Å². The lowest BCUT2D eigenvalue weighted by Crippen LogP contribution is -2.47. The Morgan fingerprint density at radius 1 is 0.781 bits per heavy atom. The second kappa shape index (κ2) is 9.01. The number of hydrogen-bond acceptors (Lipinski definition) is 7. The number of nitrogens with zero attached hydrogens (tertiary/aromatic N) is 4. The van der Waals surface area contributed by atoms with E-state index < -0.39 is 0 Å². The normalized spacial score (nSPS) is 15.2. The number of anilines is 4. The van der Waals surface area contributed by atoms with Crippen molar-refractivity contribution in [3.63, 3.8) is 0 Å². The summed E-state index contributed by atoms with van der Waals surface area (Å²) in [5, 5.41) is 5.54. The molecule has 32 heavy (non-hydrogen) atoms. The molecule has 1 fully saturated rings. The minimum Gasteiger partial charge on any atom is -0.486 e. The largest absolute Gasteiger partial charge is 0.486 e. The molecular formula is C23H24N6O3. The molecule has 0 bridgehead atoms. The Balaban J connectivity index is 1.14. The van der Waals surface area contributed by atoms with Crippen LogP contribution in [0.3, 0.4) is 0 Å². The SMILES string of the molecule is O=C(Nc1cnc(N2CCN(c3ccccc3)CC2)nc1)Nc1ccc2c(c1)OCCO2. The molecule has 2 aliphatic heterocycles. The number of carbonyl (C=O) groups excluding carboxylic acids is 1. The Labute approximate surface area is 186 Å². The van der Waals surface area contributed by atoms with Gasteiger partial charge in [-0.25, -0.2) is 14.8 Å². The van der Waals surface area contributed by atoms with Crippen LogP contribution in [0.2, 0.25) is 0 Å². The first kappa shape index (κ1) is 19.9. The number of ether oxygens (including phenoxy) is 2. The van der Waals surface area contributed by atoms with E-state index in [0.717, 1.165) is 26.2 Å². The van der Waals surface area contributed by atoms with Crippen molar-refractivity contribution < 1.29 is 14.3 Å². The van der Waals surface area contributed by atoms with E-state index in [1.54, 1.807) is 30.6 Å². The Morgan fingerprint density at radius 2 is 1.44 bits per heavy atom. The highest BCUT2D eigenvalue weighted by Gasteiger charge is 2.19. The third-order valence-electron chi connectivity index (χ3n) is 5.38. The Kier molecular flexibility index (Phi) is 5.61. The fraction of sp³-hybridized carbons (Fsp3) is 0.261. The third kappa shape index (κ3) is 4.51. The van der Waals surface area contributed by atoms with Gasteiger partial charge in [0.2, 0.25) is 5.95 Å². The molecule has 9 heteroatoms. The number of rotatable bonds is 4. The van der Waals surface area contributed by atoms with E-state index in [9.17, 15) is 4.79 Å². The van der Waals surface area contributed by atoms with E-state index in [2.05, 4.69) is 54.7 Å². The van der Waals surface area contributed by atoms with Gasteiger partial charge < -0.3 is 29.9 Å². The molecule has 9 nitrogen and oxygen atoms in total. The summed E-state index contributed by atoms with van der Waals surface area (Å²) in [6.45, 7) is 4.52. The maximum Gasteiger partial charge on any atom is 0.323 e. The van der Waals surface area contributed by atoms with E-state index in [4.69, 9.17) is 9.47 Å². The quantitative estimate of drug-likeness (QED) is 0.654. The first-order valence-corrected chi connectivity index (χ1v) is 10.6. The van der Waals surface area contributed by atoms with Gasteiger partial charge >= 0.3 is 6.03 Å². The van der Waals surface area contributed by atoms with Gasteiger partial charge in [-0.15, -0.1) is 0 Å². The molecule has 164 valence electrons. The topological polar surface area (TPSA) is 91.9 Å². The van der Waals surface area contributed by atoms with Crippen LogP contribution < -0.4 is 29.9 Å². The van der Waals surface area contributed by atoms with Crippen molar-refractivity contribution in [3.05, 3.63) is 60.9 Å². The van der Waals surface area contributed by atoms with Crippen LogP contribution in [-0.4, -0.2) is 55.4 Å². The molecule has 3 aromatic rings. The van der Waals surface area contributed by atoms with Crippen LogP contribution in [0.4, 0.5) is 27.8 Å². The Morgan fingerprint density at radius 3 is 2.19 bits per heavy atom. The highest BCUT2D eigenvalue weighted by molar-refractivity contribution is 5.99. The van der Waals surface area contributed by atoms with Crippen molar-refractivity contribution in [1.29, 1.82) is 0 Å². The lowest BCUT2D eigenvalue weighted by Gasteiger charge is -2.36. The highest BCUT2D eigenvalue weighted by Crippen LogP contribution is 2.32. The molecule has 0 atom stereocenters. The van der Waals surface area contributed by atoms with Gasteiger partial charge in [-0.2, -0.15) is 0 Å². The van der Waals surface area contributed by atoms with Gasteiger partial charge in [0, 0.05) is 43.6 Å². The minimum atomic E-state index is -0.380. The monoisotopic (exact) mass is 432 g/mol. The maximum atomic E-state index is 12.3. The number of amides is 2. The second-order valence-electron chi connectivity index (χ2n) is 7.52. The van der Waals surface area contributed by atoms with Crippen LogP contribution in [-0.2, 0) is 0 Å². The molecule has 0 saturated carbocycles. The first-order valence-electron chi connectivity index (χ1n) is 10.6. The summed E-state index contributed by atoms with van der Waals surface area (Å²) >= 11 is 0. The Bertz CT molecular complexity index is 1070. The first-order chi connectivity index (χ1) is 15.7. The van der Waals surface area contributed by atoms with Crippen LogP contribution in [0.1, 0.15) is 0 Å². The lowest BCUT2D eigenvalue weighted by atomic mass is 10.2. The van der Waals surface area contributed by atoms with Crippen LogP contribution in [0, 0.1) is 0 Å². The zero-order valence-electron chi connectivity index (χ0n) is 17.5. The summed E-state index contributed by atoms with van der Waals surface area (Å²) in [4.78, 5) is 25.7. The predicted octanol–water partition coefficient (Wildman–Crippen LogP) is 3.22. The van der Waals surface area contributed by atoms with Crippen LogP contribution in [0.25, 0.3) is 0 Å². The molecule has 0 unspecified atom stereocenters. The van der Waals surface area contributed by atoms with E-state index in [0.29, 0.717) is 42.0 Å². The molecule has 5 rings (SSSR count). The standard InChI is InChI=1S/C23H24N6O3/c30-23(26-17-6-7-20-21(14-17)32-13-12-31-20)27-18-15-24-22(25-16-18)29-10-8-28(9-11-29)19-4-2-1-3-5-19/h1-7,14-16H,8-13H2,(H2,26,27,30). The second-order valence-corrected chi connectivity index (χ2v) is 7.52. The van der Waals surface area contributed by atoms with Crippen molar-refractivity contribution in [2.45, 2.75) is 0 Å². The Hall–Kier alpha value is -4.01. The van der Waals surface area contributed by atoms with Crippen molar-refractivity contribution in [2.24, 2.45) is 0 Å². The zero-order chi connectivity index (χ0) is 21.8. The van der Waals surface area contributed by atoms with E-state index in [-0.39, 0.29) is 6.03 Å². The maximum absolute atomic E-state index is 12.3. The summed E-state index contributed by atoms with van der Waals surface area (Å²) in [6, 6.07) is 15.3. The van der Waals surface area contributed by atoms with Crippen molar-refractivity contribution in [3.8, 4) is 11.5 Å². The summed E-state index contributed by atoms with van der Waals surface area (Å²) in [5.74, 6) is 1.96. The van der Waals surface area contributed by atoms with Gasteiger partial charge in [0.25, 0.3) is 0 Å². The number of nitrogens with one attached hydrogen (secondary N) is 2. The molecule has 0 radical (unpaired) electrons. The number of benzene rings is 2. The number of aromatic nitrogens is 2. The van der Waals surface area contributed by atoms with E-state index in [1.807, 2.05) is 6.07 Å². The molecule has 0 aliphatic carbocycles. The molecular weight excluding hydrogens is 408 g/mol. The van der Waals surface area contributed by atoms with Gasteiger partial charge in [0.1, 0.15) is 13.2 Å². The zero-order valence-corrected chi connectivity index (χ0v) is 17.5. The van der Waals surface area contributed by atoms with Crippen LogP contribution in [0.15, 0.2) is 60.9 Å². The predicted molar refractivity (Wildman–Crippen MR) is 123 cm³/mol. The fourth-order valence-corrected chi connectivity index (χ4v) is 3.77.